The van der Waals surface area contributed by atoms with Gasteiger partial charge in [-0.25, -0.2) is 4.98 Å². The van der Waals surface area contributed by atoms with Crippen molar-refractivity contribution in [1.82, 2.24) is 20.1 Å². The van der Waals surface area contributed by atoms with E-state index < -0.39 is 0 Å². The Bertz CT molecular complexity index is 583. The third-order valence-electron chi connectivity index (χ3n) is 3.09. The minimum Gasteiger partial charge on any atom is -0.485 e. The minimum atomic E-state index is 0.369. The van der Waals surface area contributed by atoms with E-state index in [1.54, 1.807) is 4.68 Å². The molecule has 2 rings (SSSR count). The lowest BCUT2D eigenvalue weighted by molar-refractivity contribution is 0.286. The van der Waals surface area contributed by atoms with Crippen LogP contribution in [0.25, 0.3) is 0 Å². The lowest BCUT2D eigenvalue weighted by Gasteiger charge is -2.14. The molecule has 0 saturated carbocycles. The number of ether oxygens (including phenoxy) is 1. The first-order valence-electron chi connectivity index (χ1n) is 7.01. The van der Waals surface area contributed by atoms with Crippen LogP contribution < -0.4 is 10.1 Å². The lowest BCUT2D eigenvalue weighted by Crippen LogP contribution is -2.19. The molecule has 0 bridgehead atoms. The van der Waals surface area contributed by atoms with Gasteiger partial charge in [-0.15, -0.1) is 0 Å². The van der Waals surface area contributed by atoms with Gasteiger partial charge >= 0.3 is 0 Å². The number of hydrogen-bond acceptors (Lipinski definition) is 4. The highest BCUT2D eigenvalue weighted by Gasteiger charge is 2.10. The van der Waals surface area contributed by atoms with Gasteiger partial charge in [0.15, 0.2) is 5.82 Å². The number of hydrogen-bond donors (Lipinski definition) is 1. The molecule has 0 amide bonds. The first-order chi connectivity index (χ1) is 10.1. The molecule has 0 aliphatic rings. The summed E-state index contributed by atoms with van der Waals surface area (Å²) in [4.78, 5) is 4.15. The highest BCUT2D eigenvalue weighted by atomic mass is 35.5. The van der Waals surface area contributed by atoms with Crippen molar-refractivity contribution in [1.29, 1.82) is 0 Å². The van der Waals surface area contributed by atoms with Crippen molar-refractivity contribution in [2.75, 3.05) is 6.54 Å². The van der Waals surface area contributed by atoms with Gasteiger partial charge in [-0.1, -0.05) is 31.5 Å². The maximum absolute atomic E-state index is 6.28. The third-order valence-corrected chi connectivity index (χ3v) is 3.45. The van der Waals surface area contributed by atoms with E-state index in [0.29, 0.717) is 24.1 Å². The van der Waals surface area contributed by atoms with E-state index in [2.05, 4.69) is 29.2 Å². The molecule has 0 saturated heterocycles. The Hall–Kier alpha value is -1.59. The van der Waals surface area contributed by atoms with E-state index in [9.17, 15) is 0 Å². The predicted molar refractivity (Wildman–Crippen MR) is 83.3 cm³/mol. The lowest BCUT2D eigenvalue weighted by atomic mass is 10.1. The van der Waals surface area contributed by atoms with E-state index >= 15 is 0 Å². The van der Waals surface area contributed by atoms with Crippen molar-refractivity contribution >= 4 is 11.6 Å². The van der Waals surface area contributed by atoms with Gasteiger partial charge in [-0.05, 0) is 24.6 Å². The van der Waals surface area contributed by atoms with Crippen LogP contribution in [0.2, 0.25) is 5.02 Å². The van der Waals surface area contributed by atoms with Crippen molar-refractivity contribution in [2.24, 2.45) is 13.0 Å². The van der Waals surface area contributed by atoms with Gasteiger partial charge in [0.05, 0.1) is 0 Å². The number of aromatic nitrogens is 3. The molecule has 0 aliphatic carbocycles. The van der Waals surface area contributed by atoms with Gasteiger partial charge < -0.3 is 10.1 Å². The highest BCUT2D eigenvalue weighted by Crippen LogP contribution is 2.27. The molecule has 0 radical (unpaired) electrons. The first-order valence-corrected chi connectivity index (χ1v) is 7.39. The van der Waals surface area contributed by atoms with E-state index in [4.69, 9.17) is 16.3 Å². The van der Waals surface area contributed by atoms with Gasteiger partial charge in [-0.2, -0.15) is 5.10 Å². The van der Waals surface area contributed by atoms with E-state index in [0.717, 1.165) is 23.7 Å². The van der Waals surface area contributed by atoms with Crippen molar-refractivity contribution in [3.63, 3.8) is 0 Å². The van der Waals surface area contributed by atoms with Crippen molar-refractivity contribution in [3.05, 3.63) is 40.9 Å². The van der Waals surface area contributed by atoms with Gasteiger partial charge in [-0.3, -0.25) is 4.68 Å². The van der Waals surface area contributed by atoms with Gasteiger partial charge in [0.2, 0.25) is 0 Å². The van der Waals surface area contributed by atoms with Crippen LogP contribution in [-0.2, 0) is 20.2 Å². The van der Waals surface area contributed by atoms with Gasteiger partial charge in [0, 0.05) is 24.2 Å². The fourth-order valence-corrected chi connectivity index (χ4v) is 2.16. The fraction of sp³-hybridized carbons (Fsp3) is 0.467. The van der Waals surface area contributed by atoms with E-state index in [1.165, 1.54) is 6.33 Å². The third kappa shape index (κ3) is 4.44. The summed E-state index contributed by atoms with van der Waals surface area (Å²) < 4.78 is 7.55. The van der Waals surface area contributed by atoms with Crippen LogP contribution in [0.4, 0.5) is 0 Å². The largest absolute Gasteiger partial charge is 0.485 e. The zero-order valence-corrected chi connectivity index (χ0v) is 13.4. The molecular weight excluding hydrogens is 288 g/mol. The van der Waals surface area contributed by atoms with Crippen LogP contribution in [-0.4, -0.2) is 21.3 Å². The monoisotopic (exact) mass is 308 g/mol. The van der Waals surface area contributed by atoms with Crippen LogP contribution in [0.3, 0.4) is 0 Å². The molecule has 0 spiro atoms. The SMILES string of the molecule is CC(C)CNCc1c(Cl)cccc1OCc1ncnn1C. The zero-order chi connectivity index (χ0) is 15.2. The molecule has 1 N–H and O–H groups in total. The summed E-state index contributed by atoms with van der Waals surface area (Å²) in [6.07, 6.45) is 1.52. The fourth-order valence-electron chi connectivity index (χ4n) is 1.92. The van der Waals surface area contributed by atoms with E-state index in [-0.39, 0.29) is 0 Å². The van der Waals surface area contributed by atoms with Crippen LogP contribution >= 0.6 is 11.6 Å². The second-order valence-corrected chi connectivity index (χ2v) is 5.74. The number of nitrogens with one attached hydrogen (secondary N) is 1. The summed E-state index contributed by atoms with van der Waals surface area (Å²) in [5.41, 5.74) is 0.974. The number of halogens is 1. The van der Waals surface area contributed by atoms with Crippen molar-refractivity contribution in [3.8, 4) is 5.75 Å². The van der Waals surface area contributed by atoms with Gasteiger partial charge in [0.1, 0.15) is 18.7 Å². The Morgan fingerprint density at radius 2 is 2.19 bits per heavy atom. The molecule has 21 heavy (non-hydrogen) atoms. The van der Waals surface area contributed by atoms with Crippen LogP contribution in [0.15, 0.2) is 24.5 Å². The molecule has 2 aromatic rings. The summed E-state index contributed by atoms with van der Waals surface area (Å²) >= 11 is 6.28. The summed E-state index contributed by atoms with van der Waals surface area (Å²) in [7, 11) is 1.84. The minimum absolute atomic E-state index is 0.369. The quantitative estimate of drug-likeness (QED) is 0.854. The van der Waals surface area contributed by atoms with Crippen molar-refractivity contribution < 1.29 is 4.74 Å². The molecule has 1 aromatic carbocycles. The zero-order valence-electron chi connectivity index (χ0n) is 12.6. The standard InChI is InChI=1S/C15H21ClN4O/c1-11(2)7-17-8-12-13(16)5-4-6-14(12)21-9-15-18-10-19-20(15)3/h4-6,10-11,17H,7-9H2,1-3H3. The molecule has 6 heteroatoms. The Kier molecular flexibility index (Phi) is 5.59. The average molecular weight is 309 g/mol. The summed E-state index contributed by atoms with van der Waals surface area (Å²) in [5, 5.41) is 8.12. The molecule has 0 fully saturated rings. The van der Waals surface area contributed by atoms with Gasteiger partial charge in [0.25, 0.3) is 0 Å². The summed E-state index contributed by atoms with van der Waals surface area (Å²) in [6.45, 7) is 6.34. The van der Waals surface area contributed by atoms with Crippen molar-refractivity contribution in [2.45, 2.75) is 27.0 Å². The molecule has 0 aliphatic heterocycles. The summed E-state index contributed by atoms with van der Waals surface area (Å²) in [6, 6.07) is 5.69. The molecule has 5 nitrogen and oxygen atoms in total. The maximum Gasteiger partial charge on any atom is 0.164 e. The Morgan fingerprint density at radius 1 is 1.38 bits per heavy atom. The normalized spacial score (nSPS) is 11.1. The Labute approximate surface area is 130 Å². The Balaban J connectivity index is 2.04. The summed E-state index contributed by atoms with van der Waals surface area (Å²) in [5.74, 6) is 2.15. The van der Waals surface area contributed by atoms with Crippen LogP contribution in [0, 0.1) is 5.92 Å². The predicted octanol–water partition coefficient (Wildman–Crippen LogP) is 2.79. The smallest absolute Gasteiger partial charge is 0.164 e. The van der Waals surface area contributed by atoms with E-state index in [1.807, 2.05) is 25.2 Å². The van der Waals surface area contributed by atoms with Crippen LogP contribution in [0.5, 0.6) is 5.75 Å². The molecule has 0 unspecified atom stereocenters. The second kappa shape index (κ2) is 7.43. The first kappa shape index (κ1) is 15.8. The molecule has 0 atom stereocenters. The molecular formula is C15H21ClN4O. The number of aryl methyl sites for hydroxylation is 1. The molecule has 1 aromatic heterocycles. The molecule has 114 valence electrons. The number of benzene rings is 1. The topological polar surface area (TPSA) is 52.0 Å². The number of rotatable bonds is 7. The Morgan fingerprint density at radius 3 is 2.86 bits per heavy atom. The molecule has 1 heterocycles. The average Bonchev–Trinajstić information content (AvgIpc) is 2.84. The highest BCUT2D eigenvalue weighted by molar-refractivity contribution is 6.31. The van der Waals surface area contributed by atoms with Crippen LogP contribution in [0.1, 0.15) is 25.2 Å². The second-order valence-electron chi connectivity index (χ2n) is 5.33. The number of nitrogens with zero attached hydrogens (tertiary/aromatic N) is 3. The maximum atomic E-state index is 6.28.